The van der Waals surface area contributed by atoms with Gasteiger partial charge in [-0.15, -0.1) is 0 Å². The van der Waals surface area contributed by atoms with Crippen molar-refractivity contribution in [1.82, 2.24) is 10.3 Å². The standard InChI is InChI=1S/C20H17Cl2F5N2O2/c21-10-1-2-14(24)13(9-10)16(19(31)6-3-11(23)4-7-19)29-18(30)12-5-8-28-17(15(12)22)20(25,26)27/h1-2,5,8-9,11,16,31H,3-4,6-7H2,(H,29,30). The van der Waals surface area contributed by atoms with E-state index >= 15 is 0 Å². The molecule has 2 aromatic rings. The van der Waals surface area contributed by atoms with Gasteiger partial charge in [-0.25, -0.2) is 8.78 Å². The van der Waals surface area contributed by atoms with Crippen LogP contribution in [0.4, 0.5) is 22.0 Å². The number of carbonyl (C=O) groups excluding carboxylic acids is 1. The number of rotatable bonds is 4. The van der Waals surface area contributed by atoms with E-state index in [1.54, 1.807) is 0 Å². The maximum absolute atomic E-state index is 14.6. The second-order valence-electron chi connectivity index (χ2n) is 7.37. The normalized spacial score (nSPS) is 22.8. The molecule has 1 unspecified atom stereocenters. The van der Waals surface area contributed by atoms with Crippen LogP contribution >= 0.6 is 23.2 Å². The fourth-order valence-corrected chi connectivity index (χ4v) is 4.12. The van der Waals surface area contributed by atoms with Crippen molar-refractivity contribution in [2.75, 3.05) is 0 Å². The Balaban J connectivity index is 2.02. The zero-order chi connectivity index (χ0) is 23.0. The lowest BCUT2D eigenvalue weighted by Gasteiger charge is -2.40. The van der Waals surface area contributed by atoms with Crippen LogP contribution in [0.15, 0.2) is 30.5 Å². The van der Waals surface area contributed by atoms with E-state index in [1.807, 2.05) is 0 Å². The van der Waals surface area contributed by atoms with Gasteiger partial charge in [-0.3, -0.25) is 9.78 Å². The van der Waals surface area contributed by atoms with Gasteiger partial charge in [0.2, 0.25) is 0 Å². The van der Waals surface area contributed by atoms with Crippen LogP contribution in [0.2, 0.25) is 10.0 Å². The van der Waals surface area contributed by atoms with Crippen LogP contribution in [0, 0.1) is 5.82 Å². The van der Waals surface area contributed by atoms with Crippen molar-refractivity contribution < 1.29 is 31.9 Å². The lowest BCUT2D eigenvalue weighted by atomic mass is 9.76. The van der Waals surface area contributed by atoms with Crippen LogP contribution in [-0.2, 0) is 6.18 Å². The molecule has 168 valence electrons. The number of halogens is 7. The molecule has 1 heterocycles. The van der Waals surface area contributed by atoms with E-state index in [-0.39, 0.29) is 36.3 Å². The van der Waals surface area contributed by atoms with E-state index in [1.165, 1.54) is 12.1 Å². The molecule has 1 atom stereocenters. The lowest BCUT2D eigenvalue weighted by molar-refractivity contribution is -0.141. The van der Waals surface area contributed by atoms with Crippen molar-refractivity contribution in [3.05, 3.63) is 63.1 Å². The van der Waals surface area contributed by atoms with Crippen LogP contribution in [0.3, 0.4) is 0 Å². The quantitative estimate of drug-likeness (QED) is 0.552. The summed E-state index contributed by atoms with van der Waals surface area (Å²) in [7, 11) is 0. The maximum Gasteiger partial charge on any atom is 0.434 e. The molecule has 1 saturated carbocycles. The summed E-state index contributed by atoms with van der Waals surface area (Å²) >= 11 is 11.7. The SMILES string of the molecule is O=C(NC(c1cc(Cl)ccc1F)C1(O)CCC(F)CC1)c1ccnc(C(F)(F)F)c1Cl. The average Bonchev–Trinajstić information content (AvgIpc) is 2.69. The summed E-state index contributed by atoms with van der Waals surface area (Å²) in [6.07, 6.45) is -5.57. The van der Waals surface area contributed by atoms with Crippen LogP contribution < -0.4 is 5.32 Å². The van der Waals surface area contributed by atoms with Crippen LogP contribution in [0.25, 0.3) is 0 Å². The molecule has 1 aromatic heterocycles. The molecule has 0 bridgehead atoms. The van der Waals surface area contributed by atoms with Gasteiger partial charge in [0.1, 0.15) is 12.0 Å². The topological polar surface area (TPSA) is 62.2 Å². The largest absolute Gasteiger partial charge is 0.434 e. The number of carbonyl (C=O) groups is 1. The fourth-order valence-electron chi connectivity index (χ4n) is 3.63. The van der Waals surface area contributed by atoms with Crippen molar-refractivity contribution in [3.8, 4) is 0 Å². The van der Waals surface area contributed by atoms with Gasteiger partial charge < -0.3 is 10.4 Å². The third kappa shape index (κ3) is 5.10. The highest BCUT2D eigenvalue weighted by Gasteiger charge is 2.44. The third-order valence-corrected chi connectivity index (χ3v) is 5.88. The van der Waals surface area contributed by atoms with E-state index < -0.39 is 52.0 Å². The summed E-state index contributed by atoms with van der Waals surface area (Å²) in [6.45, 7) is 0. The molecule has 1 aliphatic rings. The number of alkyl halides is 4. The van der Waals surface area contributed by atoms with Gasteiger partial charge in [-0.1, -0.05) is 23.2 Å². The van der Waals surface area contributed by atoms with E-state index in [9.17, 15) is 31.9 Å². The number of hydrogen-bond acceptors (Lipinski definition) is 3. The summed E-state index contributed by atoms with van der Waals surface area (Å²) in [4.78, 5) is 16.0. The smallest absolute Gasteiger partial charge is 0.387 e. The highest BCUT2D eigenvalue weighted by atomic mass is 35.5. The van der Waals surface area contributed by atoms with Crippen molar-refractivity contribution in [1.29, 1.82) is 0 Å². The Labute approximate surface area is 184 Å². The lowest BCUT2D eigenvalue weighted by Crippen LogP contribution is -2.49. The van der Waals surface area contributed by atoms with Crippen LogP contribution in [-0.4, -0.2) is 27.8 Å². The van der Waals surface area contributed by atoms with E-state index in [4.69, 9.17) is 23.2 Å². The second kappa shape index (κ2) is 8.88. The van der Waals surface area contributed by atoms with Gasteiger partial charge in [0, 0.05) is 16.8 Å². The van der Waals surface area contributed by atoms with E-state index in [2.05, 4.69) is 10.3 Å². The number of amides is 1. The van der Waals surface area contributed by atoms with E-state index in [0.29, 0.717) is 0 Å². The summed E-state index contributed by atoms with van der Waals surface area (Å²) in [6, 6.07) is 3.04. The maximum atomic E-state index is 14.6. The number of pyridine rings is 1. The number of benzene rings is 1. The van der Waals surface area contributed by atoms with Gasteiger partial charge in [0.05, 0.1) is 22.2 Å². The molecule has 1 aromatic carbocycles. The molecule has 0 radical (unpaired) electrons. The molecule has 1 aliphatic carbocycles. The number of hydrogen-bond donors (Lipinski definition) is 2. The van der Waals surface area contributed by atoms with Gasteiger partial charge in [-0.2, -0.15) is 13.2 Å². The Morgan fingerprint density at radius 2 is 1.87 bits per heavy atom. The predicted molar refractivity (Wildman–Crippen MR) is 104 cm³/mol. The van der Waals surface area contributed by atoms with E-state index in [0.717, 1.165) is 18.3 Å². The van der Waals surface area contributed by atoms with Crippen molar-refractivity contribution in [2.45, 2.75) is 49.7 Å². The molecule has 31 heavy (non-hydrogen) atoms. The van der Waals surface area contributed by atoms with Gasteiger partial charge >= 0.3 is 6.18 Å². The van der Waals surface area contributed by atoms with Gasteiger partial charge in [0.25, 0.3) is 5.91 Å². The first-order chi connectivity index (χ1) is 14.4. The Morgan fingerprint density at radius 1 is 1.23 bits per heavy atom. The highest BCUT2D eigenvalue weighted by molar-refractivity contribution is 6.34. The van der Waals surface area contributed by atoms with Gasteiger partial charge in [0.15, 0.2) is 5.69 Å². The Kier molecular flexibility index (Phi) is 6.78. The minimum absolute atomic E-state index is 0.0285. The Bertz CT molecular complexity index is 979. The molecule has 3 rings (SSSR count). The molecular weight excluding hydrogens is 466 g/mol. The molecule has 0 aliphatic heterocycles. The minimum Gasteiger partial charge on any atom is -0.387 e. The molecule has 0 spiro atoms. The summed E-state index contributed by atoms with van der Waals surface area (Å²) in [5.74, 6) is -1.89. The summed E-state index contributed by atoms with van der Waals surface area (Å²) < 4.78 is 67.5. The highest BCUT2D eigenvalue weighted by Crippen LogP contribution is 2.41. The molecular formula is C20H17Cl2F5N2O2. The predicted octanol–water partition coefficient (Wildman–Crippen LogP) is 5.66. The molecule has 0 saturated heterocycles. The number of aromatic nitrogens is 1. The molecule has 1 amide bonds. The van der Waals surface area contributed by atoms with Crippen LogP contribution in [0.1, 0.15) is 53.3 Å². The van der Waals surface area contributed by atoms with Crippen molar-refractivity contribution >= 4 is 29.1 Å². The zero-order valence-electron chi connectivity index (χ0n) is 15.8. The van der Waals surface area contributed by atoms with Crippen molar-refractivity contribution in [2.24, 2.45) is 0 Å². The Morgan fingerprint density at radius 3 is 2.48 bits per heavy atom. The summed E-state index contributed by atoms with van der Waals surface area (Å²) in [5.41, 5.74) is -3.94. The number of nitrogens with one attached hydrogen (secondary N) is 1. The molecule has 1 fully saturated rings. The first kappa shape index (κ1) is 23.7. The third-order valence-electron chi connectivity index (χ3n) is 5.27. The second-order valence-corrected chi connectivity index (χ2v) is 8.18. The molecule has 11 heteroatoms. The molecule has 4 nitrogen and oxygen atoms in total. The van der Waals surface area contributed by atoms with Crippen molar-refractivity contribution in [3.63, 3.8) is 0 Å². The first-order valence-corrected chi connectivity index (χ1v) is 10.0. The Hall–Kier alpha value is -1.97. The monoisotopic (exact) mass is 482 g/mol. The fraction of sp³-hybridized carbons (Fsp3) is 0.400. The number of nitrogens with zero attached hydrogens (tertiary/aromatic N) is 1. The average molecular weight is 483 g/mol. The first-order valence-electron chi connectivity index (χ1n) is 9.26. The van der Waals surface area contributed by atoms with Crippen LogP contribution in [0.5, 0.6) is 0 Å². The van der Waals surface area contributed by atoms with Gasteiger partial charge in [-0.05, 0) is 49.9 Å². The summed E-state index contributed by atoms with van der Waals surface area (Å²) in [5, 5.41) is 12.7. The molecule has 2 N–H and O–H groups in total. The minimum atomic E-state index is -4.90. The number of aliphatic hydroxyl groups is 1. The zero-order valence-corrected chi connectivity index (χ0v) is 17.3.